The van der Waals surface area contributed by atoms with Crippen molar-refractivity contribution in [2.45, 2.75) is 47.5 Å². The minimum absolute atomic E-state index is 0.0273. The summed E-state index contributed by atoms with van der Waals surface area (Å²) in [5, 5.41) is 3.03. The predicted molar refractivity (Wildman–Crippen MR) is 102 cm³/mol. The van der Waals surface area contributed by atoms with Crippen molar-refractivity contribution >= 4 is 11.8 Å². The molecule has 1 aliphatic heterocycles. The summed E-state index contributed by atoms with van der Waals surface area (Å²) >= 11 is 0. The third-order valence-electron chi connectivity index (χ3n) is 5.49. The second kappa shape index (κ2) is 7.25. The Morgan fingerprint density at radius 2 is 1.52 bits per heavy atom. The van der Waals surface area contributed by atoms with Crippen molar-refractivity contribution < 1.29 is 18.4 Å². The lowest BCUT2D eigenvalue weighted by Gasteiger charge is -2.39. The van der Waals surface area contributed by atoms with E-state index < -0.39 is 0 Å². The maximum absolute atomic E-state index is 12.7. The molecule has 3 heterocycles. The van der Waals surface area contributed by atoms with Crippen LogP contribution in [-0.2, 0) is 0 Å². The molecule has 0 saturated carbocycles. The lowest BCUT2D eigenvalue weighted by Crippen LogP contribution is -2.46. The number of carbonyl (C=O) groups excluding carboxylic acids is 2. The highest BCUT2D eigenvalue weighted by Gasteiger charge is 2.33. The maximum Gasteiger partial charge on any atom is 0.257 e. The van der Waals surface area contributed by atoms with Gasteiger partial charge in [-0.15, -0.1) is 0 Å². The summed E-state index contributed by atoms with van der Waals surface area (Å²) in [6.45, 7) is 11.4. The lowest BCUT2D eigenvalue weighted by molar-refractivity contribution is 0.0592. The molecule has 2 aromatic heterocycles. The fraction of sp³-hybridized carbons (Fsp3) is 0.524. The number of nitrogens with one attached hydrogen (secondary N) is 1. The number of furan rings is 2. The molecule has 1 aliphatic rings. The van der Waals surface area contributed by atoms with Gasteiger partial charge >= 0.3 is 0 Å². The number of rotatable bonds is 4. The van der Waals surface area contributed by atoms with E-state index in [1.54, 1.807) is 19.1 Å². The number of likely N-dealkylation sites (tertiary alicyclic amines) is 1. The molecule has 0 unspecified atom stereocenters. The Morgan fingerprint density at radius 1 is 1.00 bits per heavy atom. The van der Waals surface area contributed by atoms with Crippen molar-refractivity contribution in [1.82, 2.24) is 10.2 Å². The molecule has 0 bridgehead atoms. The van der Waals surface area contributed by atoms with Gasteiger partial charge < -0.3 is 19.1 Å². The van der Waals surface area contributed by atoms with Crippen LogP contribution < -0.4 is 5.32 Å². The van der Waals surface area contributed by atoms with Crippen LogP contribution in [-0.4, -0.2) is 36.3 Å². The summed E-state index contributed by atoms with van der Waals surface area (Å²) in [4.78, 5) is 27.0. The second-order valence-corrected chi connectivity index (χ2v) is 7.94. The smallest absolute Gasteiger partial charge is 0.257 e. The average Bonchev–Trinajstić information content (AvgIpc) is 3.13. The SMILES string of the molecule is Cc1cc(C(=O)NCC2(C)CCN(C(=O)c3cc(C)oc3C)CC2)c(C)o1. The number of amides is 2. The molecule has 1 fully saturated rings. The van der Waals surface area contributed by atoms with Crippen LogP contribution >= 0.6 is 0 Å². The highest BCUT2D eigenvalue weighted by Crippen LogP contribution is 2.31. The van der Waals surface area contributed by atoms with Gasteiger partial charge in [-0.2, -0.15) is 0 Å². The van der Waals surface area contributed by atoms with Crippen molar-refractivity contribution in [2.24, 2.45) is 5.41 Å². The Kier molecular flexibility index (Phi) is 5.18. The van der Waals surface area contributed by atoms with Crippen LogP contribution in [0.25, 0.3) is 0 Å². The van der Waals surface area contributed by atoms with Crippen LogP contribution in [0.3, 0.4) is 0 Å². The van der Waals surface area contributed by atoms with E-state index in [2.05, 4.69) is 12.2 Å². The molecule has 0 atom stereocenters. The highest BCUT2D eigenvalue weighted by molar-refractivity contribution is 5.96. The van der Waals surface area contributed by atoms with Gasteiger partial charge in [0.2, 0.25) is 0 Å². The van der Waals surface area contributed by atoms with Gasteiger partial charge in [0.1, 0.15) is 23.0 Å². The quantitative estimate of drug-likeness (QED) is 0.886. The molecule has 2 amide bonds. The number of piperidine rings is 1. The summed E-state index contributed by atoms with van der Waals surface area (Å²) in [6.07, 6.45) is 1.69. The predicted octanol–water partition coefficient (Wildman–Crippen LogP) is 3.78. The summed E-state index contributed by atoms with van der Waals surface area (Å²) in [7, 11) is 0. The zero-order chi connectivity index (χ0) is 19.8. The first kappa shape index (κ1) is 19.3. The molecule has 146 valence electrons. The molecule has 2 aromatic rings. The van der Waals surface area contributed by atoms with Crippen molar-refractivity contribution in [3.63, 3.8) is 0 Å². The van der Waals surface area contributed by atoms with E-state index in [9.17, 15) is 9.59 Å². The standard InChI is InChI=1S/C21H28N2O4/c1-13-10-17(15(3)26-13)19(24)22-12-21(5)6-8-23(9-7-21)20(25)18-11-14(2)27-16(18)4/h10-11H,6-9,12H2,1-5H3,(H,22,24). The number of aryl methyl sites for hydroxylation is 4. The van der Waals surface area contributed by atoms with Crippen LogP contribution in [0.1, 0.15) is 63.5 Å². The topological polar surface area (TPSA) is 75.7 Å². The van der Waals surface area contributed by atoms with E-state index in [1.807, 2.05) is 25.7 Å². The molecule has 3 rings (SSSR count). The van der Waals surface area contributed by atoms with E-state index in [1.165, 1.54) is 0 Å². The summed E-state index contributed by atoms with van der Waals surface area (Å²) in [5.74, 6) is 2.73. The van der Waals surface area contributed by atoms with E-state index >= 15 is 0 Å². The lowest BCUT2D eigenvalue weighted by atomic mass is 9.80. The molecule has 0 radical (unpaired) electrons. The Morgan fingerprint density at radius 3 is 2.00 bits per heavy atom. The zero-order valence-corrected chi connectivity index (χ0v) is 16.8. The molecular weight excluding hydrogens is 344 g/mol. The van der Waals surface area contributed by atoms with Crippen LogP contribution in [0, 0.1) is 33.1 Å². The first-order valence-corrected chi connectivity index (χ1v) is 9.40. The Hall–Kier alpha value is -2.50. The average molecular weight is 372 g/mol. The number of hydrogen-bond acceptors (Lipinski definition) is 4. The van der Waals surface area contributed by atoms with Crippen molar-refractivity contribution in [2.75, 3.05) is 19.6 Å². The van der Waals surface area contributed by atoms with Crippen molar-refractivity contribution in [3.8, 4) is 0 Å². The number of nitrogens with zero attached hydrogens (tertiary/aromatic N) is 1. The number of carbonyl (C=O) groups is 2. The summed E-state index contributed by atoms with van der Waals surface area (Å²) in [5.41, 5.74) is 1.21. The van der Waals surface area contributed by atoms with Gasteiger partial charge in [0.05, 0.1) is 11.1 Å². The molecular formula is C21H28N2O4. The van der Waals surface area contributed by atoms with Crippen LogP contribution in [0.2, 0.25) is 0 Å². The zero-order valence-electron chi connectivity index (χ0n) is 16.8. The van der Waals surface area contributed by atoms with Gasteiger partial charge in [0.15, 0.2) is 0 Å². The van der Waals surface area contributed by atoms with Gasteiger partial charge in [-0.05, 0) is 58.1 Å². The highest BCUT2D eigenvalue weighted by atomic mass is 16.3. The van der Waals surface area contributed by atoms with Gasteiger partial charge in [-0.3, -0.25) is 9.59 Å². The van der Waals surface area contributed by atoms with E-state index in [-0.39, 0.29) is 17.2 Å². The van der Waals surface area contributed by atoms with Crippen molar-refractivity contribution in [1.29, 1.82) is 0 Å². The fourth-order valence-corrected chi connectivity index (χ4v) is 3.69. The van der Waals surface area contributed by atoms with E-state index in [0.29, 0.717) is 42.3 Å². The molecule has 6 heteroatoms. The fourth-order valence-electron chi connectivity index (χ4n) is 3.69. The Balaban J connectivity index is 1.56. The third-order valence-corrected chi connectivity index (χ3v) is 5.49. The summed E-state index contributed by atoms with van der Waals surface area (Å²) < 4.78 is 10.9. The first-order chi connectivity index (χ1) is 12.7. The Bertz CT molecular complexity index is 854. The second-order valence-electron chi connectivity index (χ2n) is 7.94. The molecule has 0 spiro atoms. The van der Waals surface area contributed by atoms with E-state index in [4.69, 9.17) is 8.83 Å². The molecule has 27 heavy (non-hydrogen) atoms. The normalized spacial score (nSPS) is 16.4. The molecule has 1 saturated heterocycles. The van der Waals surface area contributed by atoms with Gasteiger partial charge in [0, 0.05) is 19.6 Å². The maximum atomic E-state index is 12.7. The van der Waals surface area contributed by atoms with Crippen LogP contribution in [0.5, 0.6) is 0 Å². The minimum Gasteiger partial charge on any atom is -0.466 e. The monoisotopic (exact) mass is 372 g/mol. The van der Waals surface area contributed by atoms with Gasteiger partial charge in [0.25, 0.3) is 11.8 Å². The minimum atomic E-state index is -0.103. The van der Waals surface area contributed by atoms with E-state index in [0.717, 1.165) is 24.4 Å². The number of hydrogen-bond donors (Lipinski definition) is 1. The molecule has 1 N–H and O–H groups in total. The third kappa shape index (κ3) is 4.10. The molecule has 0 aliphatic carbocycles. The van der Waals surface area contributed by atoms with Gasteiger partial charge in [-0.1, -0.05) is 6.92 Å². The van der Waals surface area contributed by atoms with Gasteiger partial charge in [-0.25, -0.2) is 0 Å². The van der Waals surface area contributed by atoms with Crippen molar-refractivity contribution in [3.05, 3.63) is 46.3 Å². The first-order valence-electron chi connectivity index (χ1n) is 9.40. The Labute approximate surface area is 159 Å². The largest absolute Gasteiger partial charge is 0.466 e. The summed E-state index contributed by atoms with van der Waals surface area (Å²) in [6, 6.07) is 3.57. The van der Waals surface area contributed by atoms with Crippen LogP contribution in [0.15, 0.2) is 21.0 Å². The molecule has 6 nitrogen and oxygen atoms in total. The molecule has 0 aromatic carbocycles. The van der Waals surface area contributed by atoms with Crippen LogP contribution in [0.4, 0.5) is 0 Å².